The molecule has 0 bridgehead atoms. The lowest BCUT2D eigenvalue weighted by atomic mass is 10.1. The number of hydrogen-bond donors (Lipinski definition) is 0. The van der Waals surface area contributed by atoms with Gasteiger partial charge in [0.1, 0.15) is 0 Å². The van der Waals surface area contributed by atoms with Crippen molar-refractivity contribution in [3.63, 3.8) is 0 Å². The quantitative estimate of drug-likeness (QED) is 0.501. The van der Waals surface area contributed by atoms with Gasteiger partial charge in [-0.05, 0) is 55.7 Å². The summed E-state index contributed by atoms with van der Waals surface area (Å²) in [6, 6.07) is 18.1. The summed E-state index contributed by atoms with van der Waals surface area (Å²) in [6.07, 6.45) is 6.75. The maximum atomic E-state index is 12.9. The van der Waals surface area contributed by atoms with E-state index in [4.69, 9.17) is 0 Å². The monoisotopic (exact) mass is 389 g/mol. The van der Waals surface area contributed by atoms with Crippen LogP contribution in [0.1, 0.15) is 52.0 Å². The van der Waals surface area contributed by atoms with Crippen molar-refractivity contribution < 1.29 is 4.79 Å². The van der Waals surface area contributed by atoms with Crippen molar-refractivity contribution >= 4 is 29.1 Å². The van der Waals surface area contributed by atoms with Crippen LogP contribution in [0.25, 0.3) is 6.08 Å². The Bertz CT molecular complexity index is 861. The van der Waals surface area contributed by atoms with Crippen LogP contribution in [0.15, 0.2) is 65.3 Å². The Morgan fingerprint density at radius 2 is 1.55 bits per heavy atom. The third-order valence-electron chi connectivity index (χ3n) is 5.20. The van der Waals surface area contributed by atoms with E-state index in [1.165, 1.54) is 36.4 Å². The first-order valence-electron chi connectivity index (χ1n) is 10.7. The first-order valence-corrected chi connectivity index (χ1v) is 10.7. The van der Waals surface area contributed by atoms with E-state index < -0.39 is 0 Å². The van der Waals surface area contributed by atoms with Gasteiger partial charge in [-0.3, -0.25) is 4.79 Å². The molecule has 0 radical (unpaired) electrons. The third kappa shape index (κ3) is 5.14. The molecule has 2 aromatic rings. The van der Waals surface area contributed by atoms with Crippen LogP contribution in [0.3, 0.4) is 0 Å². The zero-order valence-electron chi connectivity index (χ0n) is 17.8. The standard InChI is InChI=1S/C25H31N3O/c1-4-6-17-27(18-7-5-2)22-15-13-21(14-16-22)19-24-20(3)26-28(25(24)29)23-11-9-8-10-12-23/h8-16,19H,4-7,17-18H2,1-3H3/b24-19+. The van der Waals surface area contributed by atoms with Crippen LogP contribution in [0.4, 0.5) is 11.4 Å². The van der Waals surface area contributed by atoms with E-state index in [1.807, 2.05) is 43.3 Å². The molecule has 0 saturated heterocycles. The number of para-hydroxylation sites is 1. The largest absolute Gasteiger partial charge is 0.372 e. The van der Waals surface area contributed by atoms with E-state index in [0.29, 0.717) is 5.57 Å². The van der Waals surface area contributed by atoms with Gasteiger partial charge in [0.25, 0.3) is 5.91 Å². The average Bonchev–Trinajstić information content (AvgIpc) is 3.03. The minimum atomic E-state index is -0.0784. The van der Waals surface area contributed by atoms with Gasteiger partial charge in [0.15, 0.2) is 0 Å². The van der Waals surface area contributed by atoms with Crippen LogP contribution in [0.2, 0.25) is 0 Å². The van der Waals surface area contributed by atoms with Crippen LogP contribution in [0.5, 0.6) is 0 Å². The molecule has 4 heteroatoms. The molecule has 0 fully saturated rings. The Labute approximate surface area is 174 Å². The average molecular weight is 390 g/mol. The molecule has 0 aliphatic carbocycles. The molecule has 0 N–H and O–H groups in total. The van der Waals surface area contributed by atoms with Crippen molar-refractivity contribution in [3.8, 4) is 0 Å². The van der Waals surface area contributed by atoms with Crippen LogP contribution < -0.4 is 9.91 Å². The lowest BCUT2D eigenvalue weighted by Crippen LogP contribution is -2.25. The Hall–Kier alpha value is -2.88. The fourth-order valence-electron chi connectivity index (χ4n) is 3.44. The highest BCUT2D eigenvalue weighted by molar-refractivity contribution is 6.32. The van der Waals surface area contributed by atoms with E-state index >= 15 is 0 Å². The van der Waals surface area contributed by atoms with Gasteiger partial charge in [0.2, 0.25) is 0 Å². The predicted molar refractivity (Wildman–Crippen MR) is 123 cm³/mol. The SMILES string of the molecule is CCCCN(CCCC)c1ccc(/C=C2/C(=O)N(c3ccccc3)N=C2C)cc1. The minimum Gasteiger partial charge on any atom is -0.372 e. The Morgan fingerprint density at radius 3 is 2.14 bits per heavy atom. The van der Waals surface area contributed by atoms with Crippen molar-refractivity contribution in [2.45, 2.75) is 46.5 Å². The van der Waals surface area contributed by atoms with Crippen molar-refractivity contribution in [3.05, 3.63) is 65.7 Å². The molecule has 0 spiro atoms. The molecule has 152 valence electrons. The van der Waals surface area contributed by atoms with E-state index in [9.17, 15) is 4.79 Å². The zero-order valence-corrected chi connectivity index (χ0v) is 17.8. The third-order valence-corrected chi connectivity index (χ3v) is 5.20. The van der Waals surface area contributed by atoms with E-state index in [-0.39, 0.29) is 5.91 Å². The van der Waals surface area contributed by atoms with Crippen LogP contribution in [-0.2, 0) is 4.79 Å². The van der Waals surface area contributed by atoms with Gasteiger partial charge in [-0.1, -0.05) is 57.0 Å². The lowest BCUT2D eigenvalue weighted by Gasteiger charge is -2.24. The van der Waals surface area contributed by atoms with E-state index in [0.717, 1.165) is 30.1 Å². The van der Waals surface area contributed by atoms with Crippen molar-refractivity contribution in [1.29, 1.82) is 0 Å². The molecule has 0 aromatic heterocycles. The van der Waals surface area contributed by atoms with E-state index in [2.05, 4.69) is 48.1 Å². The number of carbonyl (C=O) groups is 1. The predicted octanol–water partition coefficient (Wildman–Crippen LogP) is 5.90. The molecular formula is C25H31N3O. The molecule has 2 aromatic carbocycles. The van der Waals surface area contributed by atoms with E-state index in [1.54, 1.807) is 0 Å². The summed E-state index contributed by atoms with van der Waals surface area (Å²) in [5, 5.41) is 5.93. The fourth-order valence-corrected chi connectivity index (χ4v) is 3.44. The number of nitrogens with zero attached hydrogens (tertiary/aromatic N) is 3. The first-order chi connectivity index (χ1) is 14.1. The molecule has 1 heterocycles. The smallest absolute Gasteiger partial charge is 0.280 e. The second-order valence-electron chi connectivity index (χ2n) is 7.48. The molecular weight excluding hydrogens is 358 g/mol. The molecule has 0 atom stereocenters. The molecule has 0 unspecified atom stereocenters. The number of unbranched alkanes of at least 4 members (excludes halogenated alkanes) is 2. The van der Waals surface area contributed by atoms with Gasteiger partial charge in [0.05, 0.1) is 17.0 Å². The summed E-state index contributed by atoms with van der Waals surface area (Å²) in [7, 11) is 0. The zero-order chi connectivity index (χ0) is 20.6. The summed E-state index contributed by atoms with van der Waals surface area (Å²) in [5.41, 5.74) is 4.46. The van der Waals surface area contributed by atoms with Crippen molar-refractivity contribution in [1.82, 2.24) is 0 Å². The van der Waals surface area contributed by atoms with Gasteiger partial charge in [-0.15, -0.1) is 0 Å². The first kappa shape index (κ1) is 20.8. The Balaban J connectivity index is 1.77. The molecule has 1 amide bonds. The molecule has 0 saturated carbocycles. The summed E-state index contributed by atoms with van der Waals surface area (Å²) in [4.78, 5) is 15.3. The second-order valence-corrected chi connectivity index (χ2v) is 7.48. The highest BCUT2D eigenvalue weighted by Gasteiger charge is 2.28. The molecule has 4 nitrogen and oxygen atoms in total. The highest BCUT2D eigenvalue weighted by atomic mass is 16.2. The number of hydrazone groups is 1. The number of anilines is 2. The molecule has 3 rings (SSSR count). The van der Waals surface area contributed by atoms with Crippen LogP contribution in [0, 0.1) is 0 Å². The number of hydrogen-bond acceptors (Lipinski definition) is 3. The molecule has 1 aliphatic heterocycles. The number of amides is 1. The van der Waals surface area contributed by atoms with Crippen molar-refractivity contribution in [2.24, 2.45) is 5.10 Å². The van der Waals surface area contributed by atoms with Gasteiger partial charge < -0.3 is 4.90 Å². The summed E-state index contributed by atoms with van der Waals surface area (Å²) in [5.74, 6) is -0.0784. The normalized spacial score (nSPS) is 15.1. The van der Waals surface area contributed by atoms with Crippen LogP contribution >= 0.6 is 0 Å². The topological polar surface area (TPSA) is 35.9 Å². The minimum absolute atomic E-state index is 0.0784. The summed E-state index contributed by atoms with van der Waals surface area (Å²) in [6.45, 7) is 8.53. The van der Waals surface area contributed by atoms with Gasteiger partial charge >= 0.3 is 0 Å². The molecule has 29 heavy (non-hydrogen) atoms. The second kappa shape index (κ2) is 10.1. The fraction of sp³-hybridized carbons (Fsp3) is 0.360. The van der Waals surface area contributed by atoms with Crippen molar-refractivity contribution in [2.75, 3.05) is 23.0 Å². The van der Waals surface area contributed by atoms with Gasteiger partial charge in [-0.25, -0.2) is 0 Å². The maximum Gasteiger partial charge on any atom is 0.280 e. The lowest BCUT2D eigenvalue weighted by molar-refractivity contribution is -0.114. The highest BCUT2D eigenvalue weighted by Crippen LogP contribution is 2.25. The number of rotatable bonds is 9. The molecule has 1 aliphatic rings. The maximum absolute atomic E-state index is 12.9. The summed E-state index contributed by atoms with van der Waals surface area (Å²) < 4.78 is 0. The van der Waals surface area contributed by atoms with Gasteiger partial charge in [-0.2, -0.15) is 10.1 Å². The Morgan fingerprint density at radius 1 is 0.931 bits per heavy atom. The van der Waals surface area contributed by atoms with Gasteiger partial charge in [0, 0.05) is 18.8 Å². The Kier molecular flexibility index (Phi) is 7.23. The van der Waals surface area contributed by atoms with Crippen LogP contribution in [-0.4, -0.2) is 24.7 Å². The summed E-state index contributed by atoms with van der Waals surface area (Å²) >= 11 is 0. The number of carbonyl (C=O) groups excluding carboxylic acids is 1. The number of benzene rings is 2.